The second-order valence-electron chi connectivity index (χ2n) is 6.38. The van der Waals surface area contributed by atoms with Gasteiger partial charge in [0.05, 0.1) is 22.4 Å². The Bertz CT molecular complexity index is 782. The maximum Gasteiger partial charge on any atom is 0.228 e. The number of nitrogens with zero attached hydrogens (tertiary/aromatic N) is 1. The maximum atomic E-state index is 12.5. The first-order valence-electron chi connectivity index (χ1n) is 8.58. The molecule has 144 valence electrons. The minimum atomic E-state index is -3.30. The molecule has 26 heavy (non-hydrogen) atoms. The third-order valence-electron chi connectivity index (χ3n) is 4.16. The van der Waals surface area contributed by atoms with E-state index in [1.54, 1.807) is 18.2 Å². The first kappa shape index (κ1) is 20.7. The standard InChI is InChI=1S/C17H24ClN3O4S/c1-3-9-26(24,25)21-8-4-5-13(11-21)17(23)20-14-6-7-16(15(18)10-14)19-12(2)22/h6-7,10,13H,3-5,8-9,11H2,1-2H3,(H,19,22)(H,20,23). The zero-order valence-corrected chi connectivity index (χ0v) is 16.5. The molecule has 2 rings (SSSR count). The number of piperidine rings is 1. The molecular formula is C17H24ClN3O4S. The van der Waals surface area contributed by atoms with Gasteiger partial charge in [0.1, 0.15) is 0 Å². The van der Waals surface area contributed by atoms with E-state index in [0.29, 0.717) is 42.2 Å². The van der Waals surface area contributed by atoms with Crippen molar-refractivity contribution in [1.82, 2.24) is 4.31 Å². The zero-order valence-electron chi connectivity index (χ0n) is 14.9. The van der Waals surface area contributed by atoms with E-state index in [2.05, 4.69) is 10.6 Å². The molecule has 2 amide bonds. The molecule has 0 saturated carbocycles. The zero-order chi connectivity index (χ0) is 19.3. The van der Waals surface area contributed by atoms with Crippen LogP contribution in [-0.2, 0) is 19.6 Å². The average molecular weight is 402 g/mol. The first-order valence-corrected chi connectivity index (χ1v) is 10.6. The number of amides is 2. The van der Waals surface area contributed by atoms with Gasteiger partial charge in [-0.25, -0.2) is 12.7 Å². The fourth-order valence-corrected chi connectivity index (χ4v) is 4.74. The van der Waals surface area contributed by atoms with Gasteiger partial charge in [-0.2, -0.15) is 0 Å². The number of sulfonamides is 1. The lowest BCUT2D eigenvalue weighted by atomic mass is 9.98. The smallest absolute Gasteiger partial charge is 0.228 e. The van der Waals surface area contributed by atoms with Gasteiger partial charge in [0.15, 0.2) is 0 Å². The normalized spacial score (nSPS) is 18.3. The summed E-state index contributed by atoms with van der Waals surface area (Å²) in [5.41, 5.74) is 0.967. The van der Waals surface area contributed by atoms with E-state index in [0.717, 1.165) is 0 Å². The molecule has 1 aliphatic rings. The number of nitrogens with one attached hydrogen (secondary N) is 2. The molecule has 1 aliphatic heterocycles. The van der Waals surface area contributed by atoms with E-state index in [4.69, 9.17) is 11.6 Å². The number of benzene rings is 1. The lowest BCUT2D eigenvalue weighted by Gasteiger charge is -2.31. The molecule has 1 heterocycles. The lowest BCUT2D eigenvalue weighted by molar-refractivity contribution is -0.121. The minimum absolute atomic E-state index is 0.0988. The lowest BCUT2D eigenvalue weighted by Crippen LogP contribution is -2.44. The number of carbonyl (C=O) groups excluding carboxylic acids is 2. The van der Waals surface area contributed by atoms with Crippen LogP contribution in [0.15, 0.2) is 18.2 Å². The van der Waals surface area contributed by atoms with Crippen molar-refractivity contribution in [3.63, 3.8) is 0 Å². The van der Waals surface area contributed by atoms with Gasteiger partial charge < -0.3 is 10.6 Å². The van der Waals surface area contributed by atoms with Gasteiger partial charge in [0.2, 0.25) is 21.8 Å². The molecule has 0 radical (unpaired) electrons. The highest BCUT2D eigenvalue weighted by Gasteiger charge is 2.31. The quantitative estimate of drug-likeness (QED) is 0.765. The van der Waals surface area contributed by atoms with Crippen molar-refractivity contribution in [3.8, 4) is 0 Å². The van der Waals surface area contributed by atoms with Crippen LogP contribution in [0.25, 0.3) is 0 Å². The number of halogens is 1. The minimum Gasteiger partial charge on any atom is -0.326 e. The summed E-state index contributed by atoms with van der Waals surface area (Å²) in [5, 5.41) is 5.69. The molecule has 1 saturated heterocycles. The van der Waals surface area contributed by atoms with Crippen molar-refractivity contribution in [1.29, 1.82) is 0 Å². The van der Waals surface area contributed by atoms with Gasteiger partial charge in [-0.1, -0.05) is 18.5 Å². The summed E-state index contributed by atoms with van der Waals surface area (Å²) < 4.78 is 25.9. The Hall–Kier alpha value is -1.64. The predicted molar refractivity (Wildman–Crippen MR) is 103 cm³/mol. The Kier molecular flexibility index (Phi) is 7.02. The molecular weight excluding hydrogens is 378 g/mol. The number of anilines is 2. The van der Waals surface area contributed by atoms with Crippen LogP contribution in [0.3, 0.4) is 0 Å². The monoisotopic (exact) mass is 401 g/mol. The summed E-state index contributed by atoms with van der Waals surface area (Å²) in [6, 6.07) is 4.81. The van der Waals surface area contributed by atoms with Gasteiger partial charge in [-0.15, -0.1) is 0 Å². The van der Waals surface area contributed by atoms with Crippen LogP contribution in [-0.4, -0.2) is 43.4 Å². The molecule has 1 aromatic rings. The van der Waals surface area contributed by atoms with Crippen LogP contribution in [0.1, 0.15) is 33.1 Å². The molecule has 1 unspecified atom stereocenters. The molecule has 9 heteroatoms. The van der Waals surface area contributed by atoms with E-state index >= 15 is 0 Å². The predicted octanol–water partition coefficient (Wildman–Crippen LogP) is 2.69. The maximum absolute atomic E-state index is 12.5. The summed E-state index contributed by atoms with van der Waals surface area (Å²) in [5.74, 6) is -0.769. The molecule has 1 fully saturated rings. The molecule has 0 aromatic heterocycles. The molecule has 0 spiro atoms. The van der Waals surface area contributed by atoms with Crippen LogP contribution < -0.4 is 10.6 Å². The topological polar surface area (TPSA) is 95.6 Å². The molecule has 7 nitrogen and oxygen atoms in total. The van der Waals surface area contributed by atoms with Crippen LogP contribution in [0, 0.1) is 5.92 Å². The third-order valence-corrected chi connectivity index (χ3v) is 6.51. The Morgan fingerprint density at radius 2 is 2.04 bits per heavy atom. The fraction of sp³-hybridized carbons (Fsp3) is 0.529. The highest BCUT2D eigenvalue weighted by atomic mass is 35.5. The Balaban J connectivity index is 2.03. The van der Waals surface area contributed by atoms with E-state index in [1.807, 2.05) is 6.92 Å². The van der Waals surface area contributed by atoms with E-state index in [-0.39, 0.29) is 24.1 Å². The summed E-state index contributed by atoms with van der Waals surface area (Å²) in [6.45, 7) is 3.86. The summed E-state index contributed by atoms with van der Waals surface area (Å²) in [6.07, 6.45) is 1.85. The van der Waals surface area contributed by atoms with Crippen molar-refractivity contribution in [2.75, 3.05) is 29.5 Å². The Labute approximate surface area is 159 Å². The fourth-order valence-electron chi connectivity index (χ4n) is 2.92. The number of hydrogen-bond acceptors (Lipinski definition) is 4. The Morgan fingerprint density at radius 3 is 2.65 bits per heavy atom. The molecule has 1 atom stereocenters. The number of rotatable bonds is 6. The summed E-state index contributed by atoms with van der Waals surface area (Å²) in [7, 11) is -3.30. The molecule has 0 bridgehead atoms. The van der Waals surface area contributed by atoms with Crippen molar-refractivity contribution in [3.05, 3.63) is 23.2 Å². The van der Waals surface area contributed by atoms with Crippen LogP contribution in [0.2, 0.25) is 5.02 Å². The first-order chi connectivity index (χ1) is 12.2. The average Bonchev–Trinajstić information content (AvgIpc) is 2.57. The third kappa shape index (κ3) is 5.43. The second-order valence-corrected chi connectivity index (χ2v) is 8.87. The number of carbonyl (C=O) groups is 2. The molecule has 1 aromatic carbocycles. The number of hydrogen-bond donors (Lipinski definition) is 2. The van der Waals surface area contributed by atoms with Crippen molar-refractivity contribution >= 4 is 44.8 Å². The summed E-state index contributed by atoms with van der Waals surface area (Å²) >= 11 is 6.11. The molecule has 0 aliphatic carbocycles. The largest absolute Gasteiger partial charge is 0.326 e. The van der Waals surface area contributed by atoms with Crippen molar-refractivity contribution in [2.24, 2.45) is 5.92 Å². The van der Waals surface area contributed by atoms with Crippen LogP contribution in [0.5, 0.6) is 0 Å². The second kappa shape index (κ2) is 8.83. The highest BCUT2D eigenvalue weighted by Crippen LogP contribution is 2.27. The highest BCUT2D eigenvalue weighted by molar-refractivity contribution is 7.89. The molecule has 2 N–H and O–H groups in total. The SMILES string of the molecule is CCCS(=O)(=O)N1CCCC(C(=O)Nc2ccc(NC(C)=O)c(Cl)c2)C1. The van der Waals surface area contributed by atoms with Crippen LogP contribution in [0.4, 0.5) is 11.4 Å². The van der Waals surface area contributed by atoms with Crippen LogP contribution >= 0.6 is 11.6 Å². The van der Waals surface area contributed by atoms with Gasteiger partial charge >= 0.3 is 0 Å². The van der Waals surface area contributed by atoms with E-state index < -0.39 is 15.9 Å². The van der Waals surface area contributed by atoms with Gasteiger partial charge in [-0.3, -0.25) is 9.59 Å². The van der Waals surface area contributed by atoms with E-state index in [1.165, 1.54) is 11.2 Å². The van der Waals surface area contributed by atoms with E-state index in [9.17, 15) is 18.0 Å². The van der Waals surface area contributed by atoms with Gasteiger partial charge in [-0.05, 0) is 37.5 Å². The van der Waals surface area contributed by atoms with Crippen molar-refractivity contribution in [2.45, 2.75) is 33.1 Å². The van der Waals surface area contributed by atoms with Gasteiger partial charge in [0, 0.05) is 25.7 Å². The van der Waals surface area contributed by atoms with Gasteiger partial charge in [0.25, 0.3) is 0 Å². The van der Waals surface area contributed by atoms with Crippen molar-refractivity contribution < 1.29 is 18.0 Å². The Morgan fingerprint density at radius 1 is 1.31 bits per heavy atom. The summed E-state index contributed by atoms with van der Waals surface area (Å²) in [4.78, 5) is 23.6.